The van der Waals surface area contributed by atoms with Crippen molar-refractivity contribution in [1.29, 1.82) is 5.26 Å². The summed E-state index contributed by atoms with van der Waals surface area (Å²) < 4.78 is 14.8. The summed E-state index contributed by atoms with van der Waals surface area (Å²) in [5.74, 6) is -0.525. The Bertz CT molecular complexity index is 537. The molecule has 1 aromatic carbocycles. The van der Waals surface area contributed by atoms with Crippen LogP contribution in [-0.4, -0.2) is 9.78 Å². The van der Waals surface area contributed by atoms with Gasteiger partial charge >= 0.3 is 0 Å². The van der Waals surface area contributed by atoms with Crippen LogP contribution in [0.2, 0.25) is 0 Å². The fourth-order valence-corrected chi connectivity index (χ4v) is 1.36. The lowest BCUT2D eigenvalue weighted by Crippen LogP contribution is -1.99. The molecule has 0 aliphatic rings. The van der Waals surface area contributed by atoms with E-state index in [1.54, 1.807) is 24.5 Å². The van der Waals surface area contributed by atoms with Crippen LogP contribution in [0.4, 0.5) is 4.39 Å². The number of rotatable bonds is 1. The predicted molar refractivity (Wildman–Crippen MR) is 53.0 cm³/mol. The largest absolute Gasteiger partial charge is 0.239 e. The molecule has 2 aromatic rings. The lowest BCUT2D eigenvalue weighted by molar-refractivity contribution is 0.621. The maximum Gasteiger partial charge on any atom is 0.143 e. The first-order valence-electron chi connectivity index (χ1n) is 4.42. The van der Waals surface area contributed by atoms with Crippen LogP contribution in [0, 0.1) is 24.1 Å². The van der Waals surface area contributed by atoms with Crippen molar-refractivity contribution in [2.24, 2.45) is 0 Å². The number of hydrogen-bond donors (Lipinski definition) is 0. The van der Waals surface area contributed by atoms with Crippen LogP contribution in [0.1, 0.15) is 11.1 Å². The average Bonchev–Trinajstić information content (AvgIpc) is 2.64. The summed E-state index contributed by atoms with van der Waals surface area (Å²) in [7, 11) is 0. The smallest absolute Gasteiger partial charge is 0.143 e. The number of halogens is 1. The Labute approximate surface area is 86.4 Å². The monoisotopic (exact) mass is 201 g/mol. The van der Waals surface area contributed by atoms with Crippen molar-refractivity contribution >= 4 is 0 Å². The Kier molecular flexibility index (Phi) is 2.22. The molecule has 0 aliphatic carbocycles. The summed E-state index contributed by atoms with van der Waals surface area (Å²) in [5.41, 5.74) is 1.44. The Morgan fingerprint density at radius 1 is 1.47 bits per heavy atom. The van der Waals surface area contributed by atoms with Gasteiger partial charge in [0.25, 0.3) is 0 Å². The molecule has 4 heteroatoms. The van der Waals surface area contributed by atoms with E-state index in [0.29, 0.717) is 5.69 Å². The minimum Gasteiger partial charge on any atom is -0.239 e. The SMILES string of the molecule is Cc1cnn(-c2cccc(F)c2C#N)c1. The summed E-state index contributed by atoms with van der Waals surface area (Å²) >= 11 is 0. The molecule has 15 heavy (non-hydrogen) atoms. The maximum atomic E-state index is 13.3. The Morgan fingerprint density at radius 3 is 2.87 bits per heavy atom. The van der Waals surface area contributed by atoms with Crippen LogP contribution in [-0.2, 0) is 0 Å². The van der Waals surface area contributed by atoms with Crippen molar-refractivity contribution < 1.29 is 4.39 Å². The second-order valence-corrected chi connectivity index (χ2v) is 3.21. The van der Waals surface area contributed by atoms with Crippen molar-refractivity contribution in [2.45, 2.75) is 6.92 Å². The molecule has 0 amide bonds. The summed E-state index contributed by atoms with van der Waals surface area (Å²) in [4.78, 5) is 0. The molecule has 0 spiro atoms. The zero-order valence-corrected chi connectivity index (χ0v) is 8.11. The fourth-order valence-electron chi connectivity index (χ4n) is 1.36. The molecule has 0 bridgehead atoms. The van der Waals surface area contributed by atoms with Gasteiger partial charge in [0.05, 0.1) is 11.9 Å². The van der Waals surface area contributed by atoms with E-state index in [-0.39, 0.29) is 5.56 Å². The highest BCUT2D eigenvalue weighted by Crippen LogP contribution is 2.16. The lowest BCUT2D eigenvalue weighted by Gasteiger charge is -2.03. The Balaban J connectivity index is 2.63. The van der Waals surface area contributed by atoms with Crippen LogP contribution < -0.4 is 0 Å². The molecule has 0 fully saturated rings. The first-order chi connectivity index (χ1) is 7.22. The van der Waals surface area contributed by atoms with Crippen molar-refractivity contribution in [2.75, 3.05) is 0 Å². The van der Waals surface area contributed by atoms with E-state index in [2.05, 4.69) is 5.10 Å². The third-order valence-corrected chi connectivity index (χ3v) is 2.06. The van der Waals surface area contributed by atoms with E-state index in [9.17, 15) is 4.39 Å². The highest BCUT2D eigenvalue weighted by Gasteiger charge is 2.09. The van der Waals surface area contributed by atoms with Gasteiger partial charge in [0.2, 0.25) is 0 Å². The van der Waals surface area contributed by atoms with E-state index in [4.69, 9.17) is 5.26 Å². The van der Waals surface area contributed by atoms with Gasteiger partial charge < -0.3 is 0 Å². The van der Waals surface area contributed by atoms with Crippen LogP contribution in [0.3, 0.4) is 0 Å². The first kappa shape index (κ1) is 9.41. The minimum absolute atomic E-state index is 0.0144. The molecule has 0 aliphatic heterocycles. The van der Waals surface area contributed by atoms with Crippen molar-refractivity contribution in [3.63, 3.8) is 0 Å². The number of nitriles is 1. The van der Waals surface area contributed by atoms with E-state index in [1.165, 1.54) is 10.7 Å². The van der Waals surface area contributed by atoms with E-state index in [0.717, 1.165) is 5.56 Å². The highest BCUT2D eigenvalue weighted by molar-refractivity contribution is 5.49. The number of aromatic nitrogens is 2. The molecule has 2 rings (SSSR count). The second-order valence-electron chi connectivity index (χ2n) is 3.21. The molecule has 0 saturated carbocycles. The van der Waals surface area contributed by atoms with E-state index < -0.39 is 5.82 Å². The van der Waals surface area contributed by atoms with Gasteiger partial charge in [-0.05, 0) is 24.6 Å². The molecule has 0 unspecified atom stereocenters. The maximum absolute atomic E-state index is 13.3. The Hall–Kier alpha value is -2.15. The van der Waals surface area contributed by atoms with Gasteiger partial charge in [-0.3, -0.25) is 0 Å². The van der Waals surface area contributed by atoms with Gasteiger partial charge in [-0.2, -0.15) is 10.4 Å². The molecule has 0 atom stereocenters. The van der Waals surface area contributed by atoms with Gasteiger partial charge in [-0.1, -0.05) is 6.07 Å². The van der Waals surface area contributed by atoms with Crippen LogP contribution >= 0.6 is 0 Å². The zero-order valence-electron chi connectivity index (χ0n) is 8.11. The quantitative estimate of drug-likeness (QED) is 0.709. The number of benzene rings is 1. The fraction of sp³-hybridized carbons (Fsp3) is 0.0909. The average molecular weight is 201 g/mol. The predicted octanol–water partition coefficient (Wildman–Crippen LogP) is 2.19. The van der Waals surface area contributed by atoms with Crippen molar-refractivity contribution in [3.05, 3.63) is 47.5 Å². The molecule has 0 N–H and O–H groups in total. The van der Waals surface area contributed by atoms with Gasteiger partial charge in [0.15, 0.2) is 0 Å². The second kappa shape index (κ2) is 3.54. The zero-order chi connectivity index (χ0) is 10.8. The summed E-state index contributed by atoms with van der Waals surface area (Å²) in [6, 6.07) is 6.32. The molecule has 1 heterocycles. The van der Waals surface area contributed by atoms with Gasteiger partial charge in [-0.25, -0.2) is 9.07 Å². The van der Waals surface area contributed by atoms with E-state index in [1.807, 2.05) is 13.0 Å². The van der Waals surface area contributed by atoms with Gasteiger partial charge in [0.1, 0.15) is 17.4 Å². The van der Waals surface area contributed by atoms with Crippen LogP contribution in [0.5, 0.6) is 0 Å². The summed E-state index contributed by atoms with van der Waals surface area (Å²) in [6.45, 7) is 1.88. The van der Waals surface area contributed by atoms with E-state index >= 15 is 0 Å². The topological polar surface area (TPSA) is 41.6 Å². The summed E-state index contributed by atoms with van der Waals surface area (Å²) in [5, 5.41) is 12.9. The van der Waals surface area contributed by atoms with Gasteiger partial charge in [-0.15, -0.1) is 0 Å². The number of nitrogens with zero attached hydrogens (tertiary/aromatic N) is 3. The van der Waals surface area contributed by atoms with Crippen LogP contribution in [0.15, 0.2) is 30.6 Å². The normalized spacial score (nSPS) is 9.93. The molecular weight excluding hydrogens is 193 g/mol. The molecule has 3 nitrogen and oxygen atoms in total. The number of aryl methyl sites for hydroxylation is 1. The Morgan fingerprint density at radius 2 is 2.27 bits per heavy atom. The van der Waals surface area contributed by atoms with Gasteiger partial charge in [0, 0.05) is 6.20 Å². The molecule has 0 saturated heterocycles. The summed E-state index contributed by atoms with van der Waals surface area (Å²) in [6.07, 6.45) is 3.40. The highest BCUT2D eigenvalue weighted by atomic mass is 19.1. The van der Waals surface area contributed by atoms with Crippen LogP contribution in [0.25, 0.3) is 5.69 Å². The van der Waals surface area contributed by atoms with Crippen molar-refractivity contribution in [1.82, 2.24) is 9.78 Å². The number of hydrogen-bond acceptors (Lipinski definition) is 2. The molecule has 1 aromatic heterocycles. The standard InChI is InChI=1S/C11H8FN3/c1-8-6-14-15(7-8)11-4-2-3-10(12)9(11)5-13/h2-4,6-7H,1H3. The van der Waals surface area contributed by atoms with Crippen molar-refractivity contribution in [3.8, 4) is 11.8 Å². The minimum atomic E-state index is -0.525. The third kappa shape index (κ3) is 1.59. The first-order valence-corrected chi connectivity index (χ1v) is 4.42. The third-order valence-electron chi connectivity index (χ3n) is 2.06. The molecular formula is C11H8FN3. The lowest BCUT2D eigenvalue weighted by atomic mass is 10.2. The molecule has 0 radical (unpaired) electrons. The molecule has 74 valence electrons.